The highest BCUT2D eigenvalue weighted by Crippen LogP contribution is 2.33. The van der Waals surface area contributed by atoms with Gasteiger partial charge < -0.3 is 9.88 Å². The van der Waals surface area contributed by atoms with Gasteiger partial charge in [-0.1, -0.05) is 12.1 Å². The summed E-state index contributed by atoms with van der Waals surface area (Å²) in [4.78, 5) is 23.0. The first-order valence-corrected chi connectivity index (χ1v) is 9.00. The minimum absolute atomic E-state index is 0.0100. The number of aromatic nitrogens is 4. The van der Waals surface area contributed by atoms with Crippen LogP contribution >= 0.6 is 11.7 Å². The number of H-pyrrole nitrogens is 1. The van der Waals surface area contributed by atoms with Crippen molar-refractivity contribution in [2.24, 2.45) is 0 Å². The Kier molecular flexibility index (Phi) is 3.27. The van der Waals surface area contributed by atoms with Gasteiger partial charge in [0.05, 0.1) is 28.8 Å². The van der Waals surface area contributed by atoms with Crippen LogP contribution in [0, 0.1) is 0 Å². The fourth-order valence-electron chi connectivity index (χ4n) is 3.51. The van der Waals surface area contributed by atoms with Crippen LogP contribution in [0.3, 0.4) is 0 Å². The highest BCUT2D eigenvalue weighted by molar-refractivity contribution is 7.00. The van der Waals surface area contributed by atoms with Gasteiger partial charge in [0.15, 0.2) is 0 Å². The van der Waals surface area contributed by atoms with Crippen molar-refractivity contribution in [3.63, 3.8) is 0 Å². The first kappa shape index (κ1) is 14.5. The van der Waals surface area contributed by atoms with Crippen molar-refractivity contribution < 1.29 is 4.79 Å². The zero-order valence-corrected chi connectivity index (χ0v) is 14.2. The van der Waals surface area contributed by atoms with Gasteiger partial charge in [0.25, 0.3) is 5.91 Å². The van der Waals surface area contributed by atoms with Crippen molar-refractivity contribution in [2.75, 3.05) is 6.54 Å². The number of carbonyl (C=O) groups excluding carboxylic acids is 1. The second kappa shape index (κ2) is 5.63. The summed E-state index contributed by atoms with van der Waals surface area (Å²) in [5, 5.41) is 0. The molecule has 1 atom stereocenters. The molecule has 2 aromatic heterocycles. The van der Waals surface area contributed by atoms with Gasteiger partial charge in [0.2, 0.25) is 0 Å². The maximum absolute atomic E-state index is 13.1. The molecule has 2 aromatic carbocycles. The van der Waals surface area contributed by atoms with Crippen LogP contribution in [0.25, 0.3) is 22.1 Å². The molecule has 1 saturated heterocycles. The molecule has 1 aliphatic heterocycles. The van der Waals surface area contributed by atoms with E-state index in [9.17, 15) is 4.79 Å². The molecule has 124 valence electrons. The topological polar surface area (TPSA) is 74.8 Å². The lowest BCUT2D eigenvalue weighted by atomic mass is 10.1. The third kappa shape index (κ3) is 2.39. The molecule has 0 radical (unpaired) electrons. The van der Waals surface area contributed by atoms with Gasteiger partial charge in [-0.3, -0.25) is 4.79 Å². The number of likely N-dealkylation sites (tertiary alicyclic amines) is 1. The summed E-state index contributed by atoms with van der Waals surface area (Å²) in [7, 11) is 0. The van der Waals surface area contributed by atoms with Gasteiger partial charge in [0, 0.05) is 12.1 Å². The smallest absolute Gasteiger partial charge is 0.254 e. The summed E-state index contributed by atoms with van der Waals surface area (Å²) in [6.45, 7) is 0.744. The molecule has 0 aliphatic carbocycles. The minimum atomic E-state index is -0.0100. The van der Waals surface area contributed by atoms with Crippen molar-refractivity contribution in [2.45, 2.75) is 18.9 Å². The molecular formula is C18H15N5OS. The number of benzene rings is 2. The average molecular weight is 349 g/mol. The zero-order valence-electron chi connectivity index (χ0n) is 13.3. The van der Waals surface area contributed by atoms with Crippen LogP contribution in [-0.2, 0) is 0 Å². The van der Waals surface area contributed by atoms with Crippen LogP contribution in [0.4, 0.5) is 0 Å². The summed E-state index contributed by atoms with van der Waals surface area (Å²) in [6.07, 6.45) is 1.90. The average Bonchev–Trinajstić information content (AvgIpc) is 3.37. The fraction of sp³-hybridized carbons (Fsp3) is 0.222. The molecule has 4 aromatic rings. The number of hydrogen-bond acceptors (Lipinski definition) is 5. The van der Waals surface area contributed by atoms with E-state index < -0.39 is 0 Å². The van der Waals surface area contributed by atoms with E-state index in [1.807, 2.05) is 47.4 Å². The van der Waals surface area contributed by atoms with Gasteiger partial charge in [0.1, 0.15) is 16.9 Å². The summed E-state index contributed by atoms with van der Waals surface area (Å²) < 4.78 is 8.43. The summed E-state index contributed by atoms with van der Waals surface area (Å²) in [5.74, 6) is 0.890. The number of amides is 1. The number of nitrogens with zero attached hydrogens (tertiary/aromatic N) is 4. The summed E-state index contributed by atoms with van der Waals surface area (Å²) in [6, 6.07) is 13.5. The number of hydrogen-bond donors (Lipinski definition) is 1. The number of para-hydroxylation sites is 2. The molecule has 5 rings (SSSR count). The van der Waals surface area contributed by atoms with Crippen molar-refractivity contribution in [1.82, 2.24) is 23.6 Å². The van der Waals surface area contributed by atoms with Gasteiger partial charge in [-0.25, -0.2) is 4.98 Å². The standard InChI is InChI=1S/C18H15N5OS/c24-18(11-7-8-14-15(10-11)22-25-21-14)23-9-3-6-16(23)17-19-12-4-1-2-5-13(12)20-17/h1-2,4-5,7-8,10,16H,3,6,9H2,(H,19,20). The Morgan fingerprint density at radius 1 is 1.12 bits per heavy atom. The third-order valence-corrected chi connectivity index (χ3v) is 5.29. The predicted octanol–water partition coefficient (Wildman–Crippen LogP) is 3.54. The van der Waals surface area contributed by atoms with Crippen LogP contribution in [0.1, 0.15) is 35.1 Å². The van der Waals surface area contributed by atoms with Gasteiger partial charge in [-0.05, 0) is 43.2 Å². The highest BCUT2D eigenvalue weighted by atomic mass is 32.1. The van der Waals surface area contributed by atoms with E-state index in [4.69, 9.17) is 4.98 Å². The number of nitrogens with one attached hydrogen (secondary N) is 1. The molecule has 1 fully saturated rings. The van der Waals surface area contributed by atoms with E-state index in [-0.39, 0.29) is 11.9 Å². The van der Waals surface area contributed by atoms with E-state index >= 15 is 0 Å². The first-order chi connectivity index (χ1) is 12.3. The lowest BCUT2D eigenvalue weighted by Crippen LogP contribution is -2.31. The van der Waals surface area contributed by atoms with E-state index in [1.165, 1.54) is 11.7 Å². The molecule has 1 unspecified atom stereocenters. The van der Waals surface area contributed by atoms with Crippen LogP contribution in [-0.4, -0.2) is 36.1 Å². The molecule has 25 heavy (non-hydrogen) atoms. The quantitative estimate of drug-likeness (QED) is 0.600. The maximum Gasteiger partial charge on any atom is 0.254 e. The van der Waals surface area contributed by atoms with Crippen molar-refractivity contribution in [1.29, 1.82) is 0 Å². The lowest BCUT2D eigenvalue weighted by Gasteiger charge is -2.23. The molecule has 6 nitrogen and oxygen atoms in total. The molecule has 1 aliphatic rings. The second-order valence-electron chi connectivity index (χ2n) is 6.26. The molecule has 3 heterocycles. The second-order valence-corrected chi connectivity index (χ2v) is 6.79. The predicted molar refractivity (Wildman–Crippen MR) is 96.5 cm³/mol. The van der Waals surface area contributed by atoms with Crippen LogP contribution < -0.4 is 0 Å². The first-order valence-electron chi connectivity index (χ1n) is 8.27. The third-order valence-electron chi connectivity index (χ3n) is 4.74. The maximum atomic E-state index is 13.1. The number of carbonyl (C=O) groups is 1. The SMILES string of the molecule is O=C(c1ccc2nsnc2c1)N1CCCC1c1nc2ccccc2[nH]1. The Labute approximate surface area is 147 Å². The Bertz CT molecular complexity index is 1050. The molecule has 7 heteroatoms. The van der Waals surface area contributed by atoms with Crippen LogP contribution in [0.15, 0.2) is 42.5 Å². The normalized spacial score (nSPS) is 17.6. The Hall–Kier alpha value is -2.80. The Morgan fingerprint density at radius 3 is 2.92 bits per heavy atom. The zero-order chi connectivity index (χ0) is 16.8. The van der Waals surface area contributed by atoms with Gasteiger partial charge in [-0.2, -0.15) is 8.75 Å². The highest BCUT2D eigenvalue weighted by Gasteiger charge is 2.32. The molecule has 1 N–H and O–H groups in total. The Balaban J connectivity index is 1.50. The van der Waals surface area contributed by atoms with Gasteiger partial charge >= 0.3 is 0 Å². The van der Waals surface area contributed by atoms with E-state index in [2.05, 4.69) is 13.7 Å². The van der Waals surface area contributed by atoms with Crippen LogP contribution in [0.5, 0.6) is 0 Å². The minimum Gasteiger partial charge on any atom is -0.340 e. The molecular weight excluding hydrogens is 334 g/mol. The Morgan fingerprint density at radius 2 is 2.00 bits per heavy atom. The molecule has 0 spiro atoms. The number of rotatable bonds is 2. The monoisotopic (exact) mass is 349 g/mol. The number of fused-ring (bicyclic) bond motifs is 2. The largest absolute Gasteiger partial charge is 0.340 e. The van der Waals surface area contributed by atoms with Crippen LogP contribution in [0.2, 0.25) is 0 Å². The van der Waals surface area contributed by atoms with Crippen molar-refractivity contribution in [3.8, 4) is 0 Å². The number of aromatic amines is 1. The van der Waals surface area contributed by atoms with E-state index in [1.54, 1.807) is 0 Å². The summed E-state index contributed by atoms with van der Waals surface area (Å²) in [5.41, 5.74) is 4.20. The van der Waals surface area contributed by atoms with Crippen molar-refractivity contribution in [3.05, 3.63) is 53.9 Å². The lowest BCUT2D eigenvalue weighted by molar-refractivity contribution is 0.0730. The van der Waals surface area contributed by atoms with E-state index in [0.29, 0.717) is 5.56 Å². The van der Waals surface area contributed by atoms with Gasteiger partial charge in [-0.15, -0.1) is 0 Å². The van der Waals surface area contributed by atoms with Crippen molar-refractivity contribution >= 4 is 39.7 Å². The molecule has 0 bridgehead atoms. The molecule has 1 amide bonds. The molecule has 0 saturated carbocycles. The van der Waals surface area contributed by atoms with E-state index in [0.717, 1.165) is 47.3 Å². The summed E-state index contributed by atoms with van der Waals surface area (Å²) >= 11 is 1.17. The number of imidazole rings is 1. The fourth-order valence-corrected chi connectivity index (χ4v) is 4.02.